The molecule has 0 unspecified atom stereocenters. The van der Waals surface area contributed by atoms with Crippen LogP contribution in [0.15, 0.2) is 42.5 Å². The number of nitrogens with zero attached hydrogens (tertiary/aromatic N) is 1. The molecule has 0 aliphatic rings. The van der Waals surface area contributed by atoms with Crippen molar-refractivity contribution >= 4 is 28.9 Å². The van der Waals surface area contributed by atoms with E-state index in [4.69, 9.17) is 0 Å². The minimum Gasteiger partial charge on any atom is -0.326 e. The van der Waals surface area contributed by atoms with Gasteiger partial charge in [0.25, 0.3) is 5.69 Å². The lowest BCUT2D eigenvalue weighted by Crippen LogP contribution is -2.16. The average Bonchev–Trinajstić information content (AvgIpc) is 2.50. The van der Waals surface area contributed by atoms with E-state index in [1.807, 2.05) is 0 Å². The van der Waals surface area contributed by atoms with Gasteiger partial charge in [-0.05, 0) is 23.8 Å². The normalized spacial score (nSPS) is 10.1. The van der Waals surface area contributed by atoms with Gasteiger partial charge in [-0.2, -0.15) is 0 Å². The summed E-state index contributed by atoms with van der Waals surface area (Å²) in [5.41, 5.74) is 0.771. The highest BCUT2D eigenvalue weighted by Crippen LogP contribution is 2.20. The number of anilines is 2. The summed E-state index contributed by atoms with van der Waals surface area (Å²) in [6.45, 7) is 1.32. The molecular weight excluding hydrogens is 317 g/mol. The molecule has 2 N–H and O–H groups in total. The molecule has 0 fully saturated rings. The standard InChI is InChI=1S/C16H14FN3O4/c1-10(21)18-12-4-7-14(17)15(9-12)19-16(22)8-11-2-5-13(6-3-11)20(23)24/h2-7,9H,8H2,1H3,(H,18,21)(H,19,22). The van der Waals surface area contributed by atoms with Crippen LogP contribution in [0.2, 0.25) is 0 Å². The number of nitro groups is 1. The lowest BCUT2D eigenvalue weighted by atomic mass is 10.1. The smallest absolute Gasteiger partial charge is 0.269 e. The quantitative estimate of drug-likeness (QED) is 0.649. The molecule has 0 aliphatic heterocycles. The lowest BCUT2D eigenvalue weighted by molar-refractivity contribution is -0.384. The number of halogens is 1. The monoisotopic (exact) mass is 331 g/mol. The molecule has 0 aliphatic carbocycles. The predicted molar refractivity (Wildman–Crippen MR) is 86.1 cm³/mol. The van der Waals surface area contributed by atoms with E-state index in [9.17, 15) is 24.1 Å². The highest BCUT2D eigenvalue weighted by Gasteiger charge is 2.11. The maximum Gasteiger partial charge on any atom is 0.269 e. The van der Waals surface area contributed by atoms with E-state index in [2.05, 4.69) is 10.6 Å². The van der Waals surface area contributed by atoms with Crippen molar-refractivity contribution in [1.82, 2.24) is 0 Å². The minimum absolute atomic E-state index is 0.0619. The van der Waals surface area contributed by atoms with Gasteiger partial charge in [-0.25, -0.2) is 4.39 Å². The molecule has 24 heavy (non-hydrogen) atoms. The Bertz CT molecular complexity index is 790. The summed E-state index contributed by atoms with van der Waals surface area (Å²) in [4.78, 5) is 33.0. The van der Waals surface area contributed by atoms with E-state index < -0.39 is 16.6 Å². The summed E-state index contributed by atoms with van der Waals surface area (Å²) in [5, 5.41) is 15.5. The van der Waals surface area contributed by atoms with Gasteiger partial charge in [-0.15, -0.1) is 0 Å². The molecular formula is C16H14FN3O4. The van der Waals surface area contributed by atoms with Crippen LogP contribution in [0.25, 0.3) is 0 Å². The molecule has 2 aromatic rings. The van der Waals surface area contributed by atoms with Crippen molar-refractivity contribution in [3.05, 3.63) is 64.0 Å². The van der Waals surface area contributed by atoms with Gasteiger partial charge in [0, 0.05) is 24.7 Å². The van der Waals surface area contributed by atoms with Crippen molar-refractivity contribution in [2.45, 2.75) is 13.3 Å². The van der Waals surface area contributed by atoms with Crippen molar-refractivity contribution in [3.8, 4) is 0 Å². The molecule has 0 saturated heterocycles. The molecule has 2 rings (SSSR count). The Labute approximate surface area is 136 Å². The van der Waals surface area contributed by atoms with Crippen LogP contribution < -0.4 is 10.6 Å². The summed E-state index contributed by atoms with van der Waals surface area (Å²) < 4.78 is 13.7. The highest BCUT2D eigenvalue weighted by molar-refractivity contribution is 5.94. The van der Waals surface area contributed by atoms with Gasteiger partial charge >= 0.3 is 0 Å². The number of non-ortho nitro benzene ring substituents is 1. The van der Waals surface area contributed by atoms with Gasteiger partial charge in [0.2, 0.25) is 11.8 Å². The molecule has 0 spiro atoms. The zero-order valence-electron chi connectivity index (χ0n) is 12.7. The van der Waals surface area contributed by atoms with Crippen molar-refractivity contribution < 1.29 is 18.9 Å². The highest BCUT2D eigenvalue weighted by atomic mass is 19.1. The molecule has 124 valence electrons. The van der Waals surface area contributed by atoms with Crippen LogP contribution in [0.3, 0.4) is 0 Å². The van der Waals surface area contributed by atoms with E-state index in [0.29, 0.717) is 11.3 Å². The molecule has 0 aromatic heterocycles. The first-order valence-corrected chi connectivity index (χ1v) is 6.95. The topological polar surface area (TPSA) is 101 Å². The molecule has 7 nitrogen and oxygen atoms in total. The average molecular weight is 331 g/mol. The number of carbonyl (C=O) groups excluding carboxylic acids is 2. The second-order valence-corrected chi connectivity index (χ2v) is 5.02. The Kier molecular flexibility index (Phi) is 5.20. The summed E-state index contributed by atoms with van der Waals surface area (Å²) in [7, 11) is 0. The Morgan fingerprint density at radius 1 is 1.12 bits per heavy atom. The zero-order chi connectivity index (χ0) is 17.7. The molecule has 2 aromatic carbocycles. The number of nitro benzene ring substituents is 1. The van der Waals surface area contributed by atoms with E-state index in [0.717, 1.165) is 6.07 Å². The van der Waals surface area contributed by atoms with Crippen LogP contribution in [0.4, 0.5) is 21.5 Å². The van der Waals surface area contributed by atoms with Crippen molar-refractivity contribution in [2.75, 3.05) is 10.6 Å². The molecule has 8 heteroatoms. The van der Waals surface area contributed by atoms with Gasteiger partial charge in [0.05, 0.1) is 17.0 Å². The van der Waals surface area contributed by atoms with Crippen molar-refractivity contribution in [2.24, 2.45) is 0 Å². The largest absolute Gasteiger partial charge is 0.326 e. The van der Waals surface area contributed by atoms with Crippen LogP contribution in [0.1, 0.15) is 12.5 Å². The van der Waals surface area contributed by atoms with E-state index in [-0.39, 0.29) is 23.7 Å². The van der Waals surface area contributed by atoms with E-state index in [1.54, 1.807) is 0 Å². The van der Waals surface area contributed by atoms with Gasteiger partial charge < -0.3 is 10.6 Å². The first-order valence-electron chi connectivity index (χ1n) is 6.95. The van der Waals surface area contributed by atoms with Crippen LogP contribution in [-0.2, 0) is 16.0 Å². The van der Waals surface area contributed by atoms with Crippen LogP contribution in [0, 0.1) is 15.9 Å². The molecule has 0 heterocycles. The second kappa shape index (κ2) is 7.32. The minimum atomic E-state index is -0.638. The summed E-state index contributed by atoms with van der Waals surface area (Å²) in [5.74, 6) is -1.44. The number of nitrogens with one attached hydrogen (secondary N) is 2. The number of amides is 2. The predicted octanol–water partition coefficient (Wildman–Crippen LogP) is 2.87. The number of benzene rings is 2. The Morgan fingerprint density at radius 3 is 2.38 bits per heavy atom. The third-order valence-corrected chi connectivity index (χ3v) is 3.07. The molecule has 0 saturated carbocycles. The van der Waals surface area contributed by atoms with Gasteiger partial charge in [-0.3, -0.25) is 19.7 Å². The fourth-order valence-corrected chi connectivity index (χ4v) is 2.02. The Morgan fingerprint density at radius 2 is 1.79 bits per heavy atom. The first kappa shape index (κ1) is 17.1. The third kappa shape index (κ3) is 4.60. The lowest BCUT2D eigenvalue weighted by Gasteiger charge is -2.09. The maximum absolute atomic E-state index is 13.7. The van der Waals surface area contributed by atoms with Crippen molar-refractivity contribution in [1.29, 1.82) is 0 Å². The molecule has 0 bridgehead atoms. The van der Waals surface area contributed by atoms with Gasteiger partial charge in [0.1, 0.15) is 5.82 Å². The summed E-state index contributed by atoms with van der Waals surface area (Å²) in [6, 6.07) is 9.32. The zero-order valence-corrected chi connectivity index (χ0v) is 12.7. The molecule has 0 atom stereocenters. The number of rotatable bonds is 5. The number of hydrogen-bond donors (Lipinski definition) is 2. The van der Waals surface area contributed by atoms with E-state index >= 15 is 0 Å². The molecule has 2 amide bonds. The second-order valence-electron chi connectivity index (χ2n) is 5.02. The first-order chi connectivity index (χ1) is 11.3. The third-order valence-electron chi connectivity index (χ3n) is 3.07. The number of hydrogen-bond acceptors (Lipinski definition) is 4. The van der Waals surface area contributed by atoms with Gasteiger partial charge in [0.15, 0.2) is 0 Å². The van der Waals surface area contributed by atoms with Crippen LogP contribution in [0.5, 0.6) is 0 Å². The number of carbonyl (C=O) groups is 2. The van der Waals surface area contributed by atoms with Crippen LogP contribution >= 0.6 is 0 Å². The fourth-order valence-electron chi connectivity index (χ4n) is 2.02. The maximum atomic E-state index is 13.7. The Balaban J connectivity index is 2.06. The molecule has 0 radical (unpaired) electrons. The van der Waals surface area contributed by atoms with E-state index in [1.165, 1.54) is 43.3 Å². The van der Waals surface area contributed by atoms with Crippen LogP contribution in [-0.4, -0.2) is 16.7 Å². The summed E-state index contributed by atoms with van der Waals surface area (Å²) >= 11 is 0. The SMILES string of the molecule is CC(=O)Nc1ccc(F)c(NC(=O)Cc2ccc([N+](=O)[O-])cc2)c1. The Hall–Kier alpha value is -3.29. The summed E-state index contributed by atoms with van der Waals surface area (Å²) in [6.07, 6.45) is -0.0677. The van der Waals surface area contributed by atoms with Gasteiger partial charge in [-0.1, -0.05) is 12.1 Å². The van der Waals surface area contributed by atoms with Crippen molar-refractivity contribution in [3.63, 3.8) is 0 Å². The fraction of sp³-hybridized carbons (Fsp3) is 0.125.